The Bertz CT molecular complexity index is 336. The van der Waals surface area contributed by atoms with Crippen LogP contribution in [0.1, 0.15) is 32.1 Å². The van der Waals surface area contributed by atoms with Crippen LogP contribution in [0.2, 0.25) is 0 Å². The first-order valence-electron chi connectivity index (χ1n) is 5.63. The summed E-state index contributed by atoms with van der Waals surface area (Å²) in [5.41, 5.74) is 5.30. The molecule has 2 atom stereocenters. The molecule has 1 saturated carbocycles. The van der Waals surface area contributed by atoms with Gasteiger partial charge in [-0.25, -0.2) is 4.21 Å². The predicted molar refractivity (Wildman–Crippen MR) is 62.8 cm³/mol. The lowest BCUT2D eigenvalue weighted by Gasteiger charge is -2.09. The molecule has 0 aromatic heterocycles. The third kappa shape index (κ3) is 5.46. The smallest absolute Gasteiger partial charge is 0.320 e. The number of carbonyl (C=O) groups is 1. The van der Waals surface area contributed by atoms with E-state index in [-0.39, 0.29) is 12.2 Å². The normalized spacial score (nSPS) is 21.3. The molecule has 1 unspecified atom stereocenters. The van der Waals surface area contributed by atoms with Crippen LogP contribution in [0.3, 0.4) is 0 Å². The number of hydrogen-bond acceptors (Lipinski definition) is 4. The van der Waals surface area contributed by atoms with E-state index in [4.69, 9.17) is 15.6 Å². The van der Waals surface area contributed by atoms with Gasteiger partial charge in [0.05, 0.1) is 0 Å². The van der Waals surface area contributed by atoms with Crippen LogP contribution in [-0.4, -0.2) is 32.8 Å². The molecule has 4 N–H and O–H groups in total. The molecule has 0 amide bonds. The van der Waals surface area contributed by atoms with Gasteiger partial charge in [0, 0.05) is 21.2 Å². The molecule has 1 rings (SSSR count). The Morgan fingerprint density at radius 2 is 2.12 bits per heavy atom. The average molecular weight is 248 g/mol. The molecule has 6 heteroatoms. The van der Waals surface area contributed by atoms with Gasteiger partial charge in [0.15, 0.2) is 0 Å². The maximum Gasteiger partial charge on any atom is 0.320 e. The third-order valence-electron chi connectivity index (χ3n) is 2.86. The van der Waals surface area contributed by atoms with Gasteiger partial charge in [0.2, 0.25) is 0 Å². The van der Waals surface area contributed by atoms with Crippen LogP contribution in [0.4, 0.5) is 0 Å². The molecule has 1 fully saturated rings. The van der Waals surface area contributed by atoms with Gasteiger partial charge >= 0.3 is 5.97 Å². The maximum atomic E-state index is 11.7. The van der Waals surface area contributed by atoms with Crippen LogP contribution in [0, 0.1) is 10.7 Å². The Labute approximate surface area is 96.4 Å². The van der Waals surface area contributed by atoms with Crippen LogP contribution in [0.15, 0.2) is 0 Å². The largest absolute Gasteiger partial charge is 0.480 e. The van der Waals surface area contributed by atoms with E-state index in [2.05, 4.69) is 0 Å². The lowest BCUT2D eigenvalue weighted by molar-refractivity contribution is -0.138. The first-order valence-corrected chi connectivity index (χ1v) is 7.53. The van der Waals surface area contributed by atoms with Gasteiger partial charge in [-0.15, -0.1) is 0 Å². The molecular weight excluding hydrogens is 228 g/mol. The van der Waals surface area contributed by atoms with Crippen molar-refractivity contribution in [2.45, 2.75) is 38.1 Å². The van der Waals surface area contributed by atoms with E-state index >= 15 is 0 Å². The minimum atomic E-state index is -2.62. The highest BCUT2D eigenvalue weighted by molar-refractivity contribution is 7.92. The van der Waals surface area contributed by atoms with Gasteiger partial charge in [-0.2, -0.15) is 0 Å². The number of carboxylic acids is 1. The van der Waals surface area contributed by atoms with E-state index in [0.717, 1.165) is 18.8 Å². The van der Waals surface area contributed by atoms with Gasteiger partial charge in [-0.05, 0) is 25.2 Å². The fraction of sp³-hybridized carbons (Fsp3) is 0.900. The van der Waals surface area contributed by atoms with Crippen molar-refractivity contribution in [2.24, 2.45) is 11.7 Å². The summed E-state index contributed by atoms with van der Waals surface area (Å²) in [5, 5.41) is 8.56. The Balaban J connectivity index is 2.19. The minimum absolute atomic E-state index is 0.102. The maximum absolute atomic E-state index is 11.7. The molecule has 0 spiro atoms. The second-order valence-electron chi connectivity index (χ2n) is 4.54. The lowest BCUT2D eigenvalue weighted by atomic mass is 10.2. The molecule has 0 aromatic carbocycles. The van der Waals surface area contributed by atoms with E-state index in [9.17, 15) is 9.00 Å². The molecule has 0 aliphatic heterocycles. The molecule has 0 radical (unpaired) electrons. The van der Waals surface area contributed by atoms with E-state index in [0.29, 0.717) is 5.75 Å². The summed E-state index contributed by atoms with van der Waals surface area (Å²) in [4.78, 5) is 10.4. The van der Waals surface area contributed by atoms with E-state index in [1.54, 1.807) is 0 Å². The topological polar surface area (TPSA) is 104 Å². The number of carboxylic acid groups (broad SMARTS) is 1. The van der Waals surface area contributed by atoms with Gasteiger partial charge < -0.3 is 10.8 Å². The summed E-state index contributed by atoms with van der Waals surface area (Å²) in [6.45, 7) is 0. The first-order chi connectivity index (χ1) is 7.41. The van der Waals surface area contributed by atoms with Crippen LogP contribution < -0.4 is 5.73 Å². The summed E-state index contributed by atoms with van der Waals surface area (Å²) in [6, 6.07) is -0.991. The Hall–Kier alpha value is -0.620. The highest BCUT2D eigenvalue weighted by Crippen LogP contribution is 2.33. The Kier molecular flexibility index (Phi) is 4.73. The average Bonchev–Trinajstić information content (AvgIpc) is 2.97. The highest BCUT2D eigenvalue weighted by Gasteiger charge is 2.21. The Morgan fingerprint density at radius 1 is 1.50 bits per heavy atom. The molecule has 1 aliphatic carbocycles. The molecule has 94 valence electrons. The van der Waals surface area contributed by atoms with Gasteiger partial charge in [0.1, 0.15) is 6.04 Å². The standard InChI is InChI=1S/C10H20N2O3S/c11-9(10(13)14)5-7-16(12,15)6-1-2-8-3-4-8/h8-9,12H,1-7,11H2,(H,13,14)/t9-,16?/m0/s1. The number of rotatable bonds is 8. The SMILES string of the molecule is N=S(=O)(CCCC1CC1)CC[C@H](N)C(=O)O. The fourth-order valence-corrected chi connectivity index (χ4v) is 3.03. The van der Waals surface area contributed by atoms with E-state index in [1.807, 2.05) is 0 Å². The van der Waals surface area contributed by atoms with Crippen LogP contribution in [0.5, 0.6) is 0 Å². The number of nitrogens with two attached hydrogens (primary N) is 1. The van der Waals surface area contributed by atoms with E-state index in [1.165, 1.54) is 12.8 Å². The second kappa shape index (κ2) is 5.63. The van der Waals surface area contributed by atoms with Crippen LogP contribution >= 0.6 is 0 Å². The Morgan fingerprint density at radius 3 is 2.62 bits per heavy atom. The summed E-state index contributed by atoms with van der Waals surface area (Å²) < 4.78 is 19.3. The number of hydrogen-bond donors (Lipinski definition) is 3. The molecule has 0 bridgehead atoms. The second-order valence-corrected chi connectivity index (χ2v) is 6.98. The molecule has 1 aliphatic rings. The minimum Gasteiger partial charge on any atom is -0.480 e. The van der Waals surface area contributed by atoms with Crippen molar-refractivity contribution in [3.63, 3.8) is 0 Å². The third-order valence-corrected chi connectivity index (χ3v) is 4.70. The highest BCUT2D eigenvalue weighted by atomic mass is 32.2. The van der Waals surface area contributed by atoms with Crippen LogP contribution in [-0.2, 0) is 14.5 Å². The summed E-state index contributed by atoms with van der Waals surface area (Å²) in [6.07, 6.45) is 4.53. The summed E-state index contributed by atoms with van der Waals surface area (Å²) in [5.74, 6) is 0.186. The zero-order valence-electron chi connectivity index (χ0n) is 9.35. The molecule has 0 aromatic rings. The summed E-state index contributed by atoms with van der Waals surface area (Å²) >= 11 is 0. The van der Waals surface area contributed by atoms with Gasteiger partial charge in [-0.1, -0.05) is 12.8 Å². The monoisotopic (exact) mass is 248 g/mol. The zero-order valence-corrected chi connectivity index (χ0v) is 10.2. The molecule has 0 saturated heterocycles. The van der Waals surface area contributed by atoms with Crippen molar-refractivity contribution in [2.75, 3.05) is 11.5 Å². The van der Waals surface area contributed by atoms with Gasteiger partial charge in [0.25, 0.3) is 0 Å². The summed E-state index contributed by atoms with van der Waals surface area (Å²) in [7, 11) is -2.62. The van der Waals surface area contributed by atoms with Crippen LogP contribution in [0.25, 0.3) is 0 Å². The van der Waals surface area contributed by atoms with Crippen molar-refractivity contribution >= 4 is 15.7 Å². The van der Waals surface area contributed by atoms with Gasteiger partial charge in [-0.3, -0.25) is 9.57 Å². The lowest BCUT2D eigenvalue weighted by Crippen LogP contribution is -2.32. The van der Waals surface area contributed by atoms with Crippen molar-refractivity contribution in [1.29, 1.82) is 4.78 Å². The van der Waals surface area contributed by atoms with Crippen molar-refractivity contribution < 1.29 is 14.1 Å². The van der Waals surface area contributed by atoms with E-state index < -0.39 is 21.7 Å². The quantitative estimate of drug-likeness (QED) is 0.596. The van der Waals surface area contributed by atoms with Crippen molar-refractivity contribution in [1.82, 2.24) is 0 Å². The molecule has 0 heterocycles. The predicted octanol–water partition coefficient (Wildman–Crippen LogP) is 1.03. The molecule has 5 nitrogen and oxygen atoms in total. The zero-order chi connectivity index (χ0) is 12.2. The molecule has 16 heavy (non-hydrogen) atoms. The number of aliphatic carboxylic acids is 1. The fourth-order valence-electron chi connectivity index (χ4n) is 1.55. The first kappa shape index (κ1) is 13.4. The number of nitrogens with one attached hydrogen (secondary N) is 1. The van der Waals surface area contributed by atoms with Crippen molar-refractivity contribution in [3.8, 4) is 0 Å². The van der Waals surface area contributed by atoms with Crippen molar-refractivity contribution in [3.05, 3.63) is 0 Å². The molecular formula is C10H20N2O3S.